The van der Waals surface area contributed by atoms with Crippen molar-refractivity contribution in [2.24, 2.45) is 0 Å². The van der Waals surface area contributed by atoms with E-state index in [1.54, 1.807) is 18.5 Å². The number of nitrogens with one attached hydrogen (secondary N) is 1. The van der Waals surface area contributed by atoms with Crippen LogP contribution in [-0.4, -0.2) is 15.5 Å². The molecule has 0 atom stereocenters. The number of rotatable bonds is 4. The summed E-state index contributed by atoms with van der Waals surface area (Å²) in [6.07, 6.45) is 3.18. The maximum Gasteiger partial charge on any atom is 0.219 e. The Labute approximate surface area is 130 Å². The predicted molar refractivity (Wildman–Crippen MR) is 84.9 cm³/mol. The third kappa shape index (κ3) is 5.33. The van der Waals surface area contributed by atoms with E-state index in [0.29, 0.717) is 16.7 Å². The van der Waals surface area contributed by atoms with E-state index in [1.165, 1.54) is 0 Å². The molecule has 21 heavy (non-hydrogen) atoms. The first-order valence-electron chi connectivity index (χ1n) is 6.83. The Morgan fingerprint density at radius 2 is 1.95 bits per heavy atom. The number of hydrogen-bond acceptors (Lipinski definition) is 4. The van der Waals surface area contributed by atoms with Crippen LogP contribution in [-0.2, 0) is 6.54 Å². The minimum absolute atomic E-state index is 0.0646. The molecule has 0 radical (unpaired) electrons. The molecule has 112 valence electrons. The van der Waals surface area contributed by atoms with Crippen molar-refractivity contribution in [2.45, 2.75) is 39.8 Å². The van der Waals surface area contributed by atoms with Gasteiger partial charge in [0.25, 0.3) is 0 Å². The van der Waals surface area contributed by atoms with Crippen LogP contribution in [0.25, 0.3) is 0 Å². The Hall–Kier alpha value is -1.65. The Bertz CT molecular complexity index is 623. The maximum atomic E-state index is 5.90. The molecule has 0 amide bonds. The summed E-state index contributed by atoms with van der Waals surface area (Å²) in [5.41, 5.74) is 2.10. The lowest BCUT2D eigenvalue weighted by Gasteiger charge is -2.20. The van der Waals surface area contributed by atoms with Gasteiger partial charge in [0.05, 0.1) is 11.2 Å². The summed E-state index contributed by atoms with van der Waals surface area (Å²) in [4.78, 5) is 8.38. The van der Waals surface area contributed by atoms with Crippen molar-refractivity contribution in [1.82, 2.24) is 15.3 Å². The van der Waals surface area contributed by atoms with Crippen molar-refractivity contribution >= 4 is 11.6 Å². The molecule has 0 aliphatic rings. The Balaban J connectivity index is 2.15. The smallest absolute Gasteiger partial charge is 0.219 e. The van der Waals surface area contributed by atoms with Gasteiger partial charge in [-0.2, -0.15) is 0 Å². The van der Waals surface area contributed by atoms with Crippen molar-refractivity contribution in [1.29, 1.82) is 0 Å². The second kappa shape index (κ2) is 6.41. The van der Waals surface area contributed by atoms with Gasteiger partial charge >= 0.3 is 0 Å². The number of ether oxygens (including phenoxy) is 1. The number of aryl methyl sites for hydroxylation is 1. The first-order valence-corrected chi connectivity index (χ1v) is 7.21. The zero-order chi connectivity index (χ0) is 15.5. The van der Waals surface area contributed by atoms with Gasteiger partial charge in [-0.25, -0.2) is 4.98 Å². The molecule has 0 unspecified atom stereocenters. The van der Waals surface area contributed by atoms with Gasteiger partial charge in [0.2, 0.25) is 5.88 Å². The van der Waals surface area contributed by atoms with Gasteiger partial charge in [-0.1, -0.05) is 11.6 Å². The summed E-state index contributed by atoms with van der Waals surface area (Å²) < 4.78 is 5.73. The molecule has 0 saturated carbocycles. The molecule has 2 aromatic rings. The summed E-state index contributed by atoms with van der Waals surface area (Å²) in [5, 5.41) is 3.99. The first kappa shape index (κ1) is 15.7. The molecule has 4 nitrogen and oxygen atoms in total. The summed E-state index contributed by atoms with van der Waals surface area (Å²) >= 11 is 5.90. The second-order valence-corrected chi connectivity index (χ2v) is 6.44. The summed E-state index contributed by atoms with van der Waals surface area (Å²) in [6, 6.07) is 5.68. The lowest BCUT2D eigenvalue weighted by Crippen LogP contribution is -2.35. The SMILES string of the molecule is Cc1cc(CNC(C)(C)C)cc(Oc2cncc(Cl)c2)n1. The van der Waals surface area contributed by atoms with Crippen molar-refractivity contribution < 1.29 is 4.74 Å². The zero-order valence-corrected chi connectivity index (χ0v) is 13.5. The van der Waals surface area contributed by atoms with E-state index < -0.39 is 0 Å². The third-order valence-electron chi connectivity index (χ3n) is 2.71. The number of pyridine rings is 2. The molecular formula is C16H20ClN3O. The lowest BCUT2D eigenvalue weighted by atomic mass is 10.1. The Morgan fingerprint density at radius 3 is 2.62 bits per heavy atom. The van der Waals surface area contributed by atoms with Crippen molar-refractivity contribution in [3.63, 3.8) is 0 Å². The average Bonchev–Trinajstić information content (AvgIpc) is 2.35. The summed E-state index contributed by atoms with van der Waals surface area (Å²) in [7, 11) is 0. The fourth-order valence-electron chi connectivity index (χ4n) is 1.80. The van der Waals surface area contributed by atoms with Crippen molar-refractivity contribution in [3.8, 4) is 11.6 Å². The van der Waals surface area contributed by atoms with Gasteiger partial charge in [0.1, 0.15) is 5.75 Å². The van der Waals surface area contributed by atoms with Gasteiger partial charge in [0, 0.05) is 36.1 Å². The standard InChI is InChI=1S/C16H20ClN3O/c1-11-5-12(8-19-16(2,3)4)6-15(20-11)21-14-7-13(17)9-18-10-14/h5-7,9-10,19H,8H2,1-4H3. The van der Waals surface area contributed by atoms with Gasteiger partial charge < -0.3 is 10.1 Å². The van der Waals surface area contributed by atoms with Crippen LogP contribution in [0.15, 0.2) is 30.6 Å². The minimum atomic E-state index is 0.0646. The minimum Gasteiger partial charge on any atom is -0.437 e. The number of hydrogen-bond donors (Lipinski definition) is 1. The van der Waals surface area contributed by atoms with Crippen LogP contribution in [0.4, 0.5) is 0 Å². The van der Waals surface area contributed by atoms with E-state index >= 15 is 0 Å². The van der Waals surface area contributed by atoms with Gasteiger partial charge in [-0.05, 0) is 39.3 Å². The number of halogens is 1. The van der Waals surface area contributed by atoms with Crippen LogP contribution in [0.1, 0.15) is 32.0 Å². The number of nitrogens with zero attached hydrogens (tertiary/aromatic N) is 2. The average molecular weight is 306 g/mol. The molecule has 2 heterocycles. The normalized spacial score (nSPS) is 11.5. The maximum absolute atomic E-state index is 5.90. The van der Waals surface area contributed by atoms with Crippen LogP contribution in [0.2, 0.25) is 5.02 Å². The summed E-state index contributed by atoms with van der Waals surface area (Å²) in [6.45, 7) is 9.11. The first-order chi connectivity index (χ1) is 9.82. The zero-order valence-electron chi connectivity index (χ0n) is 12.8. The monoisotopic (exact) mass is 305 g/mol. The molecule has 2 aromatic heterocycles. The van der Waals surface area contributed by atoms with Crippen LogP contribution in [0, 0.1) is 6.92 Å². The fourth-order valence-corrected chi connectivity index (χ4v) is 1.96. The van der Waals surface area contributed by atoms with Crippen LogP contribution in [0.5, 0.6) is 11.6 Å². The Kier molecular flexibility index (Phi) is 4.80. The molecule has 2 rings (SSSR count). The van der Waals surface area contributed by atoms with E-state index in [9.17, 15) is 0 Å². The van der Waals surface area contributed by atoms with Crippen LogP contribution < -0.4 is 10.1 Å². The van der Waals surface area contributed by atoms with Gasteiger partial charge in [-0.3, -0.25) is 4.98 Å². The van der Waals surface area contributed by atoms with Crippen molar-refractivity contribution in [3.05, 3.63) is 46.9 Å². The highest BCUT2D eigenvalue weighted by Gasteiger charge is 2.10. The molecule has 0 aliphatic heterocycles. The molecular weight excluding hydrogens is 286 g/mol. The molecule has 0 aromatic carbocycles. The fraction of sp³-hybridized carbons (Fsp3) is 0.375. The van der Waals surface area contributed by atoms with E-state index in [-0.39, 0.29) is 5.54 Å². The van der Waals surface area contributed by atoms with E-state index in [4.69, 9.17) is 16.3 Å². The summed E-state index contributed by atoms with van der Waals surface area (Å²) in [5.74, 6) is 1.13. The van der Waals surface area contributed by atoms with E-state index in [0.717, 1.165) is 17.8 Å². The third-order valence-corrected chi connectivity index (χ3v) is 2.92. The van der Waals surface area contributed by atoms with Gasteiger partial charge in [0.15, 0.2) is 0 Å². The van der Waals surface area contributed by atoms with Gasteiger partial charge in [-0.15, -0.1) is 0 Å². The largest absolute Gasteiger partial charge is 0.437 e. The molecule has 1 N–H and O–H groups in total. The quantitative estimate of drug-likeness (QED) is 0.923. The molecule has 0 aliphatic carbocycles. The second-order valence-electron chi connectivity index (χ2n) is 6.00. The van der Waals surface area contributed by atoms with E-state index in [1.807, 2.05) is 19.1 Å². The lowest BCUT2D eigenvalue weighted by molar-refractivity contribution is 0.421. The molecule has 0 bridgehead atoms. The highest BCUT2D eigenvalue weighted by Crippen LogP contribution is 2.23. The molecule has 5 heteroatoms. The van der Waals surface area contributed by atoms with E-state index in [2.05, 4.69) is 36.1 Å². The van der Waals surface area contributed by atoms with Crippen LogP contribution in [0.3, 0.4) is 0 Å². The predicted octanol–water partition coefficient (Wildman–Crippen LogP) is 4.12. The molecule has 0 spiro atoms. The highest BCUT2D eigenvalue weighted by atomic mass is 35.5. The topological polar surface area (TPSA) is 47.0 Å². The number of aromatic nitrogens is 2. The Morgan fingerprint density at radius 1 is 1.19 bits per heavy atom. The highest BCUT2D eigenvalue weighted by molar-refractivity contribution is 6.30. The molecule has 0 saturated heterocycles. The van der Waals surface area contributed by atoms with Crippen molar-refractivity contribution in [2.75, 3.05) is 0 Å². The molecule has 0 fully saturated rings. The van der Waals surface area contributed by atoms with Crippen LogP contribution >= 0.6 is 11.6 Å².